The van der Waals surface area contributed by atoms with Gasteiger partial charge in [0, 0.05) is 30.9 Å². The third-order valence-corrected chi connectivity index (χ3v) is 8.29. The number of sulfonamides is 1. The van der Waals surface area contributed by atoms with Crippen molar-refractivity contribution in [2.45, 2.75) is 23.8 Å². The number of methoxy groups -OCH3 is 1. The van der Waals surface area contributed by atoms with Crippen LogP contribution < -0.4 is 4.74 Å². The molecule has 4 aromatic rings. The van der Waals surface area contributed by atoms with Gasteiger partial charge in [-0.15, -0.1) is 0 Å². The lowest BCUT2D eigenvalue weighted by molar-refractivity contribution is 0.278. The molecular formula is C24H22ClFN4O3S. The minimum absolute atomic E-state index is 0.00846. The molecule has 1 aliphatic rings. The Hall–Kier alpha value is -3.01. The number of hydrogen-bond acceptors (Lipinski definition) is 5. The highest BCUT2D eigenvalue weighted by Gasteiger charge is 2.32. The molecule has 0 spiro atoms. The minimum atomic E-state index is -3.70. The van der Waals surface area contributed by atoms with Crippen LogP contribution in [0.2, 0.25) is 5.02 Å². The summed E-state index contributed by atoms with van der Waals surface area (Å²) in [5.74, 6) is 0.797. The molecule has 0 bridgehead atoms. The van der Waals surface area contributed by atoms with Gasteiger partial charge in [0.25, 0.3) is 0 Å². The second-order valence-electron chi connectivity index (χ2n) is 8.09. The summed E-state index contributed by atoms with van der Waals surface area (Å²) in [7, 11) is -2.22. The first-order valence-corrected chi connectivity index (χ1v) is 12.6. The second kappa shape index (κ2) is 8.98. The van der Waals surface area contributed by atoms with Crippen LogP contribution >= 0.6 is 11.6 Å². The standard InChI is InChI=1S/C24H22ClFN4O3S/c1-33-22-9-8-19(15-20(22)25)34(31,32)29-13-10-18(11-14-29)30-23(16-4-6-17(26)7-5-16)28-21-3-2-12-27-24(21)30/h2-9,12,15,18H,10-11,13-14H2,1H3. The molecule has 0 unspecified atom stereocenters. The summed E-state index contributed by atoms with van der Waals surface area (Å²) in [5, 5.41) is 0.248. The lowest BCUT2D eigenvalue weighted by atomic mass is 10.1. The van der Waals surface area contributed by atoms with E-state index < -0.39 is 10.0 Å². The van der Waals surface area contributed by atoms with E-state index in [1.807, 2.05) is 12.1 Å². The van der Waals surface area contributed by atoms with Crippen molar-refractivity contribution in [3.63, 3.8) is 0 Å². The van der Waals surface area contributed by atoms with Gasteiger partial charge in [-0.1, -0.05) is 11.6 Å². The molecule has 0 radical (unpaired) electrons. The lowest BCUT2D eigenvalue weighted by Crippen LogP contribution is -2.39. The molecule has 0 saturated carbocycles. The zero-order chi connectivity index (χ0) is 23.9. The number of rotatable bonds is 5. The highest BCUT2D eigenvalue weighted by Crippen LogP contribution is 2.35. The van der Waals surface area contributed by atoms with Crippen LogP contribution in [-0.4, -0.2) is 47.5 Å². The quantitative estimate of drug-likeness (QED) is 0.388. The monoisotopic (exact) mass is 500 g/mol. The van der Waals surface area contributed by atoms with E-state index in [9.17, 15) is 12.8 Å². The molecule has 0 aliphatic carbocycles. The van der Waals surface area contributed by atoms with Gasteiger partial charge in [0.05, 0.1) is 17.0 Å². The summed E-state index contributed by atoms with van der Waals surface area (Å²) in [6.45, 7) is 0.679. The van der Waals surface area contributed by atoms with Gasteiger partial charge in [0.15, 0.2) is 5.65 Å². The molecule has 3 heterocycles. The van der Waals surface area contributed by atoms with Gasteiger partial charge in [0.2, 0.25) is 10.0 Å². The molecule has 1 aliphatic heterocycles. The van der Waals surface area contributed by atoms with E-state index in [1.54, 1.807) is 24.4 Å². The largest absolute Gasteiger partial charge is 0.495 e. The van der Waals surface area contributed by atoms with Crippen molar-refractivity contribution in [1.29, 1.82) is 0 Å². The van der Waals surface area contributed by atoms with Crippen LogP contribution in [0, 0.1) is 5.82 Å². The Morgan fingerprint density at radius 2 is 1.82 bits per heavy atom. The van der Waals surface area contributed by atoms with E-state index in [0.717, 1.165) is 16.7 Å². The van der Waals surface area contributed by atoms with E-state index in [4.69, 9.17) is 21.3 Å². The van der Waals surface area contributed by atoms with E-state index >= 15 is 0 Å². The van der Waals surface area contributed by atoms with Gasteiger partial charge in [-0.3, -0.25) is 0 Å². The van der Waals surface area contributed by atoms with Gasteiger partial charge in [-0.05, 0) is 67.4 Å². The first-order chi connectivity index (χ1) is 16.4. The van der Waals surface area contributed by atoms with Crippen molar-refractivity contribution < 1.29 is 17.5 Å². The molecule has 2 aromatic carbocycles. The summed E-state index contributed by atoms with van der Waals surface area (Å²) < 4.78 is 48.6. The molecule has 5 rings (SSSR count). The molecule has 10 heteroatoms. The number of nitrogens with zero attached hydrogens (tertiary/aromatic N) is 4. The average Bonchev–Trinajstić information content (AvgIpc) is 3.24. The number of imidazole rings is 1. The molecular weight excluding hydrogens is 479 g/mol. The van der Waals surface area contributed by atoms with Crippen LogP contribution in [0.4, 0.5) is 4.39 Å². The third kappa shape index (κ3) is 4.04. The molecule has 1 saturated heterocycles. The Balaban J connectivity index is 1.44. The van der Waals surface area contributed by atoms with E-state index in [-0.39, 0.29) is 21.8 Å². The van der Waals surface area contributed by atoms with Crippen molar-refractivity contribution in [2.75, 3.05) is 20.2 Å². The molecule has 0 atom stereocenters. The van der Waals surface area contributed by atoms with E-state index in [1.165, 1.54) is 35.7 Å². The summed E-state index contributed by atoms with van der Waals surface area (Å²) in [6, 6.07) is 14.4. The maximum absolute atomic E-state index is 13.5. The van der Waals surface area contributed by atoms with Crippen LogP contribution in [0.25, 0.3) is 22.6 Å². The molecule has 7 nitrogen and oxygen atoms in total. The lowest BCUT2D eigenvalue weighted by Gasteiger charge is -2.32. The topological polar surface area (TPSA) is 77.3 Å². The fourth-order valence-electron chi connectivity index (χ4n) is 4.38. The van der Waals surface area contributed by atoms with Crippen molar-refractivity contribution in [1.82, 2.24) is 18.8 Å². The Bertz CT molecular complexity index is 1450. The van der Waals surface area contributed by atoms with E-state index in [0.29, 0.717) is 37.5 Å². The van der Waals surface area contributed by atoms with Crippen molar-refractivity contribution >= 4 is 32.8 Å². The van der Waals surface area contributed by atoms with Crippen LogP contribution in [0.15, 0.2) is 65.7 Å². The minimum Gasteiger partial charge on any atom is -0.495 e. The number of aromatic nitrogens is 3. The van der Waals surface area contributed by atoms with Crippen LogP contribution in [0.5, 0.6) is 5.75 Å². The predicted octanol–water partition coefficient (Wildman–Crippen LogP) is 4.93. The van der Waals surface area contributed by atoms with Crippen LogP contribution in [0.1, 0.15) is 18.9 Å². The summed E-state index contributed by atoms with van der Waals surface area (Å²) in [6.07, 6.45) is 2.88. The highest BCUT2D eigenvalue weighted by atomic mass is 35.5. The van der Waals surface area contributed by atoms with E-state index in [2.05, 4.69) is 9.55 Å². The molecule has 0 N–H and O–H groups in total. The summed E-state index contributed by atoms with van der Waals surface area (Å²) in [4.78, 5) is 9.42. The van der Waals surface area contributed by atoms with Crippen LogP contribution in [-0.2, 0) is 10.0 Å². The highest BCUT2D eigenvalue weighted by molar-refractivity contribution is 7.89. The Morgan fingerprint density at radius 3 is 2.50 bits per heavy atom. The number of benzene rings is 2. The number of piperidine rings is 1. The predicted molar refractivity (Wildman–Crippen MR) is 128 cm³/mol. The average molecular weight is 501 g/mol. The zero-order valence-electron chi connectivity index (χ0n) is 18.4. The molecule has 1 fully saturated rings. The fraction of sp³-hybridized carbons (Fsp3) is 0.250. The molecule has 0 amide bonds. The number of fused-ring (bicyclic) bond motifs is 1. The number of halogens is 2. The van der Waals surface area contributed by atoms with Crippen LogP contribution in [0.3, 0.4) is 0 Å². The SMILES string of the molecule is COc1ccc(S(=O)(=O)N2CCC(n3c(-c4ccc(F)cc4)nc4cccnc43)CC2)cc1Cl. The number of hydrogen-bond donors (Lipinski definition) is 0. The first-order valence-electron chi connectivity index (χ1n) is 10.8. The maximum atomic E-state index is 13.5. The Kier molecular flexibility index (Phi) is 6.01. The molecule has 2 aromatic heterocycles. The summed E-state index contributed by atoms with van der Waals surface area (Å²) >= 11 is 6.16. The third-order valence-electron chi connectivity index (χ3n) is 6.10. The van der Waals surface area contributed by atoms with Crippen molar-refractivity contribution in [3.8, 4) is 17.1 Å². The van der Waals surface area contributed by atoms with Crippen molar-refractivity contribution in [3.05, 3.63) is 71.6 Å². The first kappa shape index (κ1) is 22.8. The van der Waals surface area contributed by atoms with Gasteiger partial charge in [-0.25, -0.2) is 22.8 Å². The molecule has 176 valence electrons. The second-order valence-corrected chi connectivity index (χ2v) is 10.4. The maximum Gasteiger partial charge on any atom is 0.243 e. The van der Waals surface area contributed by atoms with Gasteiger partial charge >= 0.3 is 0 Å². The normalized spacial score (nSPS) is 15.6. The fourth-order valence-corrected chi connectivity index (χ4v) is 6.19. The smallest absolute Gasteiger partial charge is 0.243 e. The van der Waals surface area contributed by atoms with Gasteiger partial charge in [0.1, 0.15) is 22.9 Å². The zero-order valence-corrected chi connectivity index (χ0v) is 19.9. The summed E-state index contributed by atoms with van der Waals surface area (Å²) in [5.41, 5.74) is 2.25. The Morgan fingerprint density at radius 1 is 1.09 bits per heavy atom. The van der Waals surface area contributed by atoms with Crippen molar-refractivity contribution in [2.24, 2.45) is 0 Å². The Labute approximate surface area is 201 Å². The number of ether oxygens (including phenoxy) is 1. The molecule has 34 heavy (non-hydrogen) atoms. The van der Waals surface area contributed by atoms with Gasteiger partial charge in [-0.2, -0.15) is 4.31 Å². The van der Waals surface area contributed by atoms with Gasteiger partial charge < -0.3 is 9.30 Å². The number of pyridine rings is 1.